The maximum absolute atomic E-state index is 13.0. The molecule has 6 nitrogen and oxygen atoms in total. The van der Waals surface area contributed by atoms with E-state index in [1.54, 1.807) is 30.3 Å². The molecule has 0 aliphatic heterocycles. The van der Waals surface area contributed by atoms with Gasteiger partial charge in [-0.05, 0) is 35.9 Å². The first-order valence-corrected chi connectivity index (χ1v) is 8.09. The molecule has 0 aliphatic carbocycles. The highest BCUT2D eigenvalue weighted by molar-refractivity contribution is 6.08. The van der Waals surface area contributed by atoms with E-state index in [9.17, 15) is 18.8 Å². The van der Waals surface area contributed by atoms with Crippen LogP contribution >= 0.6 is 0 Å². The molecular formula is C20H16FN3O3. The lowest BCUT2D eigenvalue weighted by atomic mass is 10.1. The number of nitrogens with zero attached hydrogens (tertiary/aromatic N) is 1. The van der Waals surface area contributed by atoms with Gasteiger partial charge < -0.3 is 15.6 Å². The minimum absolute atomic E-state index is 0.186. The third kappa shape index (κ3) is 4.27. The van der Waals surface area contributed by atoms with E-state index in [-0.39, 0.29) is 34.7 Å². The minimum atomic E-state index is -0.660. The first-order chi connectivity index (χ1) is 12.9. The number of para-hydroxylation sites is 1. The summed E-state index contributed by atoms with van der Waals surface area (Å²) < 4.78 is 14.4. The average molecular weight is 365 g/mol. The molecule has 7 heteroatoms. The summed E-state index contributed by atoms with van der Waals surface area (Å²) >= 11 is 0. The number of amides is 2. The van der Waals surface area contributed by atoms with Crippen LogP contribution in [0.4, 0.5) is 10.1 Å². The van der Waals surface area contributed by atoms with E-state index in [0.717, 1.165) is 5.56 Å². The lowest BCUT2D eigenvalue weighted by Gasteiger charge is -2.11. The Bertz CT molecular complexity index is 1060. The van der Waals surface area contributed by atoms with Crippen LogP contribution < -0.4 is 16.6 Å². The Balaban J connectivity index is 1.85. The Morgan fingerprint density at radius 3 is 2.41 bits per heavy atom. The SMILES string of the molecule is NC(=O)c1ccccc1NC(=O)c1ccc(=O)n(Cc2ccc(F)cc2)c1. The smallest absolute Gasteiger partial charge is 0.257 e. The molecular weight excluding hydrogens is 349 g/mol. The molecule has 0 aliphatic rings. The van der Waals surface area contributed by atoms with Gasteiger partial charge in [-0.2, -0.15) is 0 Å². The van der Waals surface area contributed by atoms with Gasteiger partial charge in [-0.25, -0.2) is 4.39 Å². The van der Waals surface area contributed by atoms with Gasteiger partial charge in [-0.1, -0.05) is 24.3 Å². The van der Waals surface area contributed by atoms with Crippen LogP contribution in [-0.2, 0) is 6.54 Å². The number of primary amides is 1. The van der Waals surface area contributed by atoms with Crippen LogP contribution in [0.3, 0.4) is 0 Å². The topological polar surface area (TPSA) is 94.2 Å². The van der Waals surface area contributed by atoms with Crippen molar-refractivity contribution in [2.24, 2.45) is 5.73 Å². The normalized spacial score (nSPS) is 10.4. The summed E-state index contributed by atoms with van der Waals surface area (Å²) in [6, 6.07) is 14.8. The molecule has 3 N–H and O–H groups in total. The quantitative estimate of drug-likeness (QED) is 0.727. The van der Waals surface area contributed by atoms with Crippen LogP contribution in [0.5, 0.6) is 0 Å². The van der Waals surface area contributed by atoms with E-state index >= 15 is 0 Å². The van der Waals surface area contributed by atoms with E-state index in [2.05, 4.69) is 5.32 Å². The third-order valence-corrected chi connectivity index (χ3v) is 3.95. The fraction of sp³-hybridized carbons (Fsp3) is 0.0500. The first kappa shape index (κ1) is 18.1. The molecule has 0 unspecified atom stereocenters. The van der Waals surface area contributed by atoms with E-state index < -0.39 is 11.8 Å². The maximum Gasteiger partial charge on any atom is 0.257 e. The summed E-state index contributed by atoms with van der Waals surface area (Å²) in [7, 11) is 0. The number of nitrogens with one attached hydrogen (secondary N) is 1. The Morgan fingerprint density at radius 1 is 1.00 bits per heavy atom. The number of rotatable bonds is 5. The molecule has 1 heterocycles. The fourth-order valence-corrected chi connectivity index (χ4v) is 2.58. The number of nitrogens with two attached hydrogens (primary N) is 1. The molecule has 0 bridgehead atoms. The van der Waals surface area contributed by atoms with Crippen molar-refractivity contribution in [1.29, 1.82) is 0 Å². The molecule has 3 aromatic rings. The number of carbonyl (C=O) groups excluding carboxylic acids is 2. The van der Waals surface area contributed by atoms with Crippen LogP contribution in [0.15, 0.2) is 71.7 Å². The van der Waals surface area contributed by atoms with Crippen molar-refractivity contribution in [3.8, 4) is 0 Å². The summed E-state index contributed by atoms with van der Waals surface area (Å²) in [5.41, 5.74) is 6.43. The Kier molecular flexibility index (Phi) is 5.12. The van der Waals surface area contributed by atoms with Crippen LogP contribution in [0.2, 0.25) is 0 Å². The van der Waals surface area contributed by atoms with Gasteiger partial charge in [0.25, 0.3) is 17.4 Å². The summed E-state index contributed by atoms with van der Waals surface area (Å²) in [6.45, 7) is 0.193. The van der Waals surface area contributed by atoms with Crippen molar-refractivity contribution >= 4 is 17.5 Å². The largest absolute Gasteiger partial charge is 0.366 e. The first-order valence-electron chi connectivity index (χ1n) is 8.09. The molecule has 0 atom stereocenters. The molecule has 0 radical (unpaired) electrons. The lowest BCUT2D eigenvalue weighted by Crippen LogP contribution is -2.23. The monoisotopic (exact) mass is 365 g/mol. The number of halogens is 1. The summed E-state index contributed by atoms with van der Waals surface area (Å²) in [5.74, 6) is -1.52. The Hall–Kier alpha value is -3.74. The van der Waals surface area contributed by atoms with Crippen LogP contribution in [0, 0.1) is 5.82 Å². The van der Waals surface area contributed by atoms with E-state index in [4.69, 9.17) is 5.73 Å². The summed E-state index contributed by atoms with van der Waals surface area (Å²) in [5, 5.41) is 2.62. The summed E-state index contributed by atoms with van der Waals surface area (Å²) in [4.78, 5) is 36.0. The van der Waals surface area contributed by atoms with Gasteiger partial charge in [0.15, 0.2) is 0 Å². The number of hydrogen-bond donors (Lipinski definition) is 2. The van der Waals surface area contributed by atoms with E-state index in [1.807, 2.05) is 0 Å². The lowest BCUT2D eigenvalue weighted by molar-refractivity contribution is 0.100. The maximum atomic E-state index is 13.0. The number of hydrogen-bond acceptors (Lipinski definition) is 3. The van der Waals surface area contributed by atoms with Crippen molar-refractivity contribution in [3.63, 3.8) is 0 Å². The van der Waals surface area contributed by atoms with Crippen LogP contribution in [-0.4, -0.2) is 16.4 Å². The second-order valence-corrected chi connectivity index (χ2v) is 5.87. The molecule has 27 heavy (non-hydrogen) atoms. The molecule has 0 saturated heterocycles. The average Bonchev–Trinajstić information content (AvgIpc) is 2.65. The number of anilines is 1. The van der Waals surface area contributed by atoms with E-state index in [0.29, 0.717) is 0 Å². The van der Waals surface area contributed by atoms with Crippen molar-refractivity contribution in [2.45, 2.75) is 6.54 Å². The zero-order chi connectivity index (χ0) is 19.4. The fourth-order valence-electron chi connectivity index (χ4n) is 2.58. The van der Waals surface area contributed by atoms with Gasteiger partial charge in [-0.3, -0.25) is 14.4 Å². The van der Waals surface area contributed by atoms with Crippen LogP contribution in [0.1, 0.15) is 26.3 Å². The number of pyridine rings is 1. The van der Waals surface area contributed by atoms with Crippen LogP contribution in [0.25, 0.3) is 0 Å². The number of carbonyl (C=O) groups is 2. The standard InChI is InChI=1S/C20H16FN3O3/c21-15-8-5-13(6-9-15)11-24-12-14(7-10-18(24)25)20(27)23-17-4-2-1-3-16(17)19(22)26/h1-10,12H,11H2,(H2,22,26)(H,23,27). The van der Waals surface area contributed by atoms with Gasteiger partial charge in [-0.15, -0.1) is 0 Å². The van der Waals surface area contributed by atoms with Gasteiger partial charge in [0.1, 0.15) is 5.82 Å². The van der Waals surface area contributed by atoms with Gasteiger partial charge in [0.2, 0.25) is 0 Å². The second kappa shape index (κ2) is 7.65. The molecule has 2 amide bonds. The van der Waals surface area contributed by atoms with Gasteiger partial charge in [0, 0.05) is 12.3 Å². The molecule has 0 fully saturated rings. The van der Waals surface area contributed by atoms with Crippen molar-refractivity contribution in [1.82, 2.24) is 4.57 Å². The summed E-state index contributed by atoms with van der Waals surface area (Å²) in [6.07, 6.45) is 1.41. The highest BCUT2D eigenvalue weighted by Crippen LogP contribution is 2.15. The Labute approximate surface area is 154 Å². The van der Waals surface area contributed by atoms with Crippen molar-refractivity contribution in [3.05, 3.63) is 99.7 Å². The van der Waals surface area contributed by atoms with Crippen molar-refractivity contribution < 1.29 is 14.0 Å². The highest BCUT2D eigenvalue weighted by atomic mass is 19.1. The van der Waals surface area contributed by atoms with Gasteiger partial charge in [0.05, 0.1) is 23.4 Å². The Morgan fingerprint density at radius 2 is 1.70 bits per heavy atom. The molecule has 0 saturated carbocycles. The zero-order valence-corrected chi connectivity index (χ0v) is 14.2. The zero-order valence-electron chi connectivity index (χ0n) is 14.2. The van der Waals surface area contributed by atoms with Crippen molar-refractivity contribution in [2.75, 3.05) is 5.32 Å². The minimum Gasteiger partial charge on any atom is -0.366 e. The molecule has 2 aromatic carbocycles. The molecule has 0 spiro atoms. The molecule has 1 aromatic heterocycles. The van der Waals surface area contributed by atoms with Gasteiger partial charge >= 0.3 is 0 Å². The molecule has 3 rings (SSSR count). The number of benzene rings is 2. The van der Waals surface area contributed by atoms with E-state index in [1.165, 1.54) is 41.1 Å². The predicted molar refractivity (Wildman–Crippen MR) is 99.1 cm³/mol. The number of aromatic nitrogens is 1. The second-order valence-electron chi connectivity index (χ2n) is 5.87. The molecule has 136 valence electrons. The highest BCUT2D eigenvalue weighted by Gasteiger charge is 2.13. The third-order valence-electron chi connectivity index (χ3n) is 3.95. The predicted octanol–water partition coefficient (Wildman–Crippen LogP) is 2.39.